The molecule has 0 amide bonds. The van der Waals surface area contributed by atoms with E-state index < -0.39 is 15.8 Å². The number of carboxylic acid groups (broad SMARTS) is 1. The van der Waals surface area contributed by atoms with E-state index in [2.05, 4.69) is 22.0 Å². The lowest BCUT2D eigenvalue weighted by molar-refractivity contribution is -0.137. The molecule has 2 saturated heterocycles. The quantitative estimate of drug-likeness (QED) is 0.800. The maximum absolute atomic E-state index is 11.7. The Bertz CT molecular complexity index is 707. The summed E-state index contributed by atoms with van der Waals surface area (Å²) >= 11 is 0. The van der Waals surface area contributed by atoms with Gasteiger partial charge in [0.05, 0.1) is 11.5 Å². The van der Waals surface area contributed by atoms with Crippen LogP contribution in [0.5, 0.6) is 0 Å². The molecule has 0 saturated carbocycles. The van der Waals surface area contributed by atoms with Crippen molar-refractivity contribution in [2.24, 2.45) is 5.92 Å². The van der Waals surface area contributed by atoms with Crippen molar-refractivity contribution < 1.29 is 18.3 Å². The maximum atomic E-state index is 11.7. The zero-order chi connectivity index (χ0) is 17.3. The zero-order valence-corrected chi connectivity index (χ0v) is 14.7. The molecule has 2 aliphatic heterocycles. The van der Waals surface area contributed by atoms with Gasteiger partial charge < -0.3 is 10.0 Å². The van der Waals surface area contributed by atoms with E-state index >= 15 is 0 Å². The molecule has 3 heterocycles. The molecule has 134 valence electrons. The standard InChI is InChI=1S/C15H24N4O4S/c1-18-5-2-11(3-6-18)8-13-16-15(19(17-13)9-14(20)21)12-4-7-24(22,23)10-12/h11-12H,2-10H2,1H3,(H,20,21)/t12-/m0/s1. The molecule has 2 fully saturated rings. The maximum Gasteiger partial charge on any atom is 0.325 e. The Hall–Kier alpha value is -1.48. The molecule has 8 nitrogen and oxygen atoms in total. The minimum Gasteiger partial charge on any atom is -0.480 e. The fourth-order valence-corrected chi connectivity index (χ4v) is 5.30. The van der Waals surface area contributed by atoms with Gasteiger partial charge in [0, 0.05) is 12.3 Å². The Morgan fingerprint density at radius 2 is 2.00 bits per heavy atom. The fraction of sp³-hybridized carbons (Fsp3) is 0.800. The third-order valence-corrected chi connectivity index (χ3v) is 6.70. The van der Waals surface area contributed by atoms with E-state index in [0.717, 1.165) is 32.4 Å². The van der Waals surface area contributed by atoms with Gasteiger partial charge in [-0.2, -0.15) is 5.10 Å². The SMILES string of the molecule is CN1CCC(Cc2nc([C@H]3CCS(=O)(=O)C3)n(CC(=O)O)n2)CC1. The number of carbonyl (C=O) groups is 1. The predicted octanol–water partition coefficient (Wildman–Crippen LogP) is 0.149. The van der Waals surface area contributed by atoms with Crippen LogP contribution in [0.15, 0.2) is 0 Å². The second-order valence-corrected chi connectivity index (χ2v) is 9.22. The highest BCUT2D eigenvalue weighted by Gasteiger charge is 2.33. The van der Waals surface area contributed by atoms with Crippen molar-refractivity contribution in [3.05, 3.63) is 11.6 Å². The van der Waals surface area contributed by atoms with Gasteiger partial charge in [-0.1, -0.05) is 0 Å². The molecule has 1 aromatic heterocycles. The van der Waals surface area contributed by atoms with Gasteiger partial charge in [-0.25, -0.2) is 18.1 Å². The highest BCUT2D eigenvalue weighted by Crippen LogP contribution is 2.28. The number of aromatic nitrogens is 3. The molecule has 0 spiro atoms. The molecule has 0 aliphatic carbocycles. The summed E-state index contributed by atoms with van der Waals surface area (Å²) in [5, 5.41) is 13.5. The van der Waals surface area contributed by atoms with Gasteiger partial charge in [0.2, 0.25) is 0 Å². The van der Waals surface area contributed by atoms with Crippen molar-refractivity contribution in [1.82, 2.24) is 19.7 Å². The molecule has 0 aromatic carbocycles. The number of nitrogens with zero attached hydrogens (tertiary/aromatic N) is 4. The lowest BCUT2D eigenvalue weighted by atomic mass is 9.93. The average molecular weight is 356 g/mol. The van der Waals surface area contributed by atoms with Crippen molar-refractivity contribution in [3.8, 4) is 0 Å². The summed E-state index contributed by atoms with van der Waals surface area (Å²) in [6, 6.07) is 0. The number of hydrogen-bond acceptors (Lipinski definition) is 6. The zero-order valence-electron chi connectivity index (χ0n) is 13.9. The number of carboxylic acids is 1. The normalized spacial score (nSPS) is 25.1. The van der Waals surface area contributed by atoms with Crippen molar-refractivity contribution in [2.45, 2.75) is 38.1 Å². The van der Waals surface area contributed by atoms with Crippen LogP contribution in [-0.2, 0) is 27.6 Å². The van der Waals surface area contributed by atoms with E-state index in [0.29, 0.717) is 24.0 Å². The van der Waals surface area contributed by atoms with E-state index in [1.165, 1.54) is 4.68 Å². The summed E-state index contributed by atoms with van der Waals surface area (Å²) in [5.41, 5.74) is 0. The summed E-state index contributed by atoms with van der Waals surface area (Å²) in [6.07, 6.45) is 3.38. The number of likely N-dealkylation sites (tertiary alicyclic amines) is 1. The van der Waals surface area contributed by atoms with Gasteiger partial charge in [-0.15, -0.1) is 0 Å². The third kappa shape index (κ3) is 4.13. The minimum absolute atomic E-state index is 0.0407. The number of piperidine rings is 1. The molecule has 0 radical (unpaired) electrons. The molecule has 0 unspecified atom stereocenters. The van der Waals surface area contributed by atoms with Crippen LogP contribution in [0.4, 0.5) is 0 Å². The average Bonchev–Trinajstić information content (AvgIpc) is 3.04. The topological polar surface area (TPSA) is 105 Å². The lowest BCUT2D eigenvalue weighted by Gasteiger charge is -2.28. The van der Waals surface area contributed by atoms with E-state index in [9.17, 15) is 13.2 Å². The number of sulfone groups is 1. The van der Waals surface area contributed by atoms with Crippen LogP contribution in [0.25, 0.3) is 0 Å². The third-order valence-electron chi connectivity index (χ3n) is 4.94. The van der Waals surface area contributed by atoms with Crippen LogP contribution in [-0.4, -0.2) is 70.8 Å². The van der Waals surface area contributed by atoms with Crippen molar-refractivity contribution in [3.63, 3.8) is 0 Å². The first-order chi connectivity index (χ1) is 11.3. The monoisotopic (exact) mass is 356 g/mol. The van der Waals surface area contributed by atoms with E-state index in [4.69, 9.17) is 5.11 Å². The van der Waals surface area contributed by atoms with Gasteiger partial charge in [0.25, 0.3) is 0 Å². The minimum atomic E-state index is -3.05. The molecule has 0 bridgehead atoms. The Balaban J connectivity index is 1.77. The van der Waals surface area contributed by atoms with Gasteiger partial charge in [0.15, 0.2) is 15.7 Å². The molecule has 1 atom stereocenters. The number of hydrogen-bond donors (Lipinski definition) is 1. The highest BCUT2D eigenvalue weighted by atomic mass is 32.2. The molecule has 24 heavy (non-hydrogen) atoms. The molecule has 2 aliphatic rings. The van der Waals surface area contributed by atoms with Crippen LogP contribution >= 0.6 is 0 Å². The van der Waals surface area contributed by atoms with Crippen LogP contribution in [0.3, 0.4) is 0 Å². The largest absolute Gasteiger partial charge is 0.480 e. The van der Waals surface area contributed by atoms with Crippen LogP contribution in [0, 0.1) is 5.92 Å². The smallest absolute Gasteiger partial charge is 0.325 e. The molecule has 1 N–H and O–H groups in total. The molecule has 1 aromatic rings. The predicted molar refractivity (Wildman–Crippen MR) is 87.6 cm³/mol. The van der Waals surface area contributed by atoms with E-state index in [1.54, 1.807) is 0 Å². The van der Waals surface area contributed by atoms with Crippen molar-refractivity contribution in [2.75, 3.05) is 31.6 Å². The Labute approximate surface area is 141 Å². The molecular formula is C15H24N4O4S. The molecule has 3 rings (SSSR count). The van der Waals surface area contributed by atoms with Crippen molar-refractivity contribution >= 4 is 15.8 Å². The van der Waals surface area contributed by atoms with Crippen LogP contribution in [0.1, 0.15) is 36.8 Å². The fourth-order valence-electron chi connectivity index (χ4n) is 3.56. The lowest BCUT2D eigenvalue weighted by Crippen LogP contribution is -2.31. The van der Waals surface area contributed by atoms with Crippen LogP contribution in [0.2, 0.25) is 0 Å². The summed E-state index contributed by atoms with van der Waals surface area (Å²) in [7, 11) is -0.941. The molecule has 9 heteroatoms. The summed E-state index contributed by atoms with van der Waals surface area (Å²) in [6.45, 7) is 1.83. The van der Waals surface area contributed by atoms with Crippen LogP contribution < -0.4 is 0 Å². The Morgan fingerprint density at radius 3 is 2.58 bits per heavy atom. The second kappa shape index (κ2) is 6.79. The van der Waals surface area contributed by atoms with Gasteiger partial charge in [-0.05, 0) is 45.3 Å². The second-order valence-electron chi connectivity index (χ2n) is 6.99. The number of aliphatic carboxylic acids is 1. The first-order valence-corrected chi connectivity index (χ1v) is 10.2. The van der Waals surface area contributed by atoms with Crippen molar-refractivity contribution in [1.29, 1.82) is 0 Å². The van der Waals surface area contributed by atoms with Gasteiger partial charge >= 0.3 is 5.97 Å². The summed E-state index contributed by atoms with van der Waals surface area (Å²) < 4.78 is 24.8. The molecular weight excluding hydrogens is 332 g/mol. The van der Waals surface area contributed by atoms with Gasteiger partial charge in [0.1, 0.15) is 12.4 Å². The van der Waals surface area contributed by atoms with E-state index in [1.807, 2.05) is 0 Å². The van der Waals surface area contributed by atoms with E-state index in [-0.39, 0.29) is 24.0 Å². The first-order valence-electron chi connectivity index (χ1n) is 8.37. The Morgan fingerprint density at radius 1 is 1.29 bits per heavy atom. The Kier molecular flexibility index (Phi) is 4.91. The first kappa shape index (κ1) is 17.3. The highest BCUT2D eigenvalue weighted by molar-refractivity contribution is 7.91. The number of rotatable bonds is 5. The van der Waals surface area contributed by atoms with Gasteiger partial charge in [-0.3, -0.25) is 4.79 Å². The summed E-state index contributed by atoms with van der Waals surface area (Å²) in [5.74, 6) is 0.607. The summed E-state index contributed by atoms with van der Waals surface area (Å²) in [4.78, 5) is 17.9.